The summed E-state index contributed by atoms with van der Waals surface area (Å²) in [6.07, 6.45) is 7.92. The molecule has 0 aliphatic carbocycles. The first kappa shape index (κ1) is 9.54. The van der Waals surface area contributed by atoms with Crippen LogP contribution in [0.5, 0.6) is 0 Å². The van der Waals surface area contributed by atoms with E-state index in [0.717, 1.165) is 16.9 Å². The summed E-state index contributed by atoms with van der Waals surface area (Å²) in [5.41, 5.74) is 3.17. The minimum absolute atomic E-state index is 0.638. The minimum atomic E-state index is 0.638. The highest BCUT2D eigenvalue weighted by atomic mass is 15.3. The van der Waals surface area contributed by atoms with E-state index in [-0.39, 0.29) is 0 Å². The Morgan fingerprint density at radius 3 is 2.73 bits per heavy atom. The van der Waals surface area contributed by atoms with Crippen molar-refractivity contribution in [3.63, 3.8) is 0 Å². The van der Waals surface area contributed by atoms with E-state index in [2.05, 4.69) is 11.0 Å². The van der Waals surface area contributed by atoms with Gasteiger partial charge in [0.25, 0.3) is 0 Å². The lowest BCUT2D eigenvalue weighted by Gasteiger charge is -1.98. The molecule has 1 heterocycles. The van der Waals surface area contributed by atoms with Crippen LogP contribution in [0, 0.1) is 19.3 Å². The number of hydrogen-bond acceptors (Lipinski definition) is 1. The molecule has 0 aliphatic rings. The van der Waals surface area contributed by atoms with Crippen LogP contribution in [-0.2, 0) is 6.42 Å². The number of para-hydroxylation sites is 1. The van der Waals surface area contributed by atoms with Crippen molar-refractivity contribution in [2.75, 3.05) is 0 Å². The summed E-state index contributed by atoms with van der Waals surface area (Å²) in [5.74, 6) is 2.64. The third-order valence-corrected chi connectivity index (χ3v) is 2.31. The van der Waals surface area contributed by atoms with Gasteiger partial charge in [-0.3, -0.25) is 0 Å². The normalized spacial score (nSPS) is 9.87. The first-order chi connectivity index (χ1) is 7.31. The van der Waals surface area contributed by atoms with Crippen molar-refractivity contribution in [1.29, 1.82) is 0 Å². The molecule has 0 bridgehead atoms. The third-order valence-electron chi connectivity index (χ3n) is 2.31. The highest BCUT2D eigenvalue weighted by Gasteiger charge is 2.04. The van der Waals surface area contributed by atoms with E-state index in [1.165, 1.54) is 0 Å². The van der Waals surface area contributed by atoms with Crippen LogP contribution in [0.4, 0.5) is 0 Å². The molecule has 0 aliphatic heterocycles. The van der Waals surface area contributed by atoms with Gasteiger partial charge < -0.3 is 0 Å². The monoisotopic (exact) mass is 196 g/mol. The molecule has 2 heteroatoms. The van der Waals surface area contributed by atoms with Crippen LogP contribution in [0.25, 0.3) is 5.69 Å². The first-order valence-electron chi connectivity index (χ1n) is 4.85. The summed E-state index contributed by atoms with van der Waals surface area (Å²) < 4.78 is 1.86. The van der Waals surface area contributed by atoms with Crippen LogP contribution in [0.15, 0.2) is 36.5 Å². The summed E-state index contributed by atoms with van der Waals surface area (Å²) in [4.78, 5) is 0. The van der Waals surface area contributed by atoms with E-state index in [1.807, 2.05) is 48.1 Å². The molecule has 1 aromatic carbocycles. The maximum absolute atomic E-state index is 5.29. The van der Waals surface area contributed by atoms with Gasteiger partial charge in [-0.05, 0) is 19.1 Å². The Morgan fingerprint density at radius 1 is 1.33 bits per heavy atom. The fourth-order valence-corrected chi connectivity index (χ4v) is 1.49. The van der Waals surface area contributed by atoms with Crippen molar-refractivity contribution in [2.24, 2.45) is 0 Å². The number of aromatic nitrogens is 2. The highest BCUT2D eigenvalue weighted by molar-refractivity contribution is 5.33. The summed E-state index contributed by atoms with van der Waals surface area (Å²) in [6.45, 7) is 1.98. The predicted octanol–water partition coefficient (Wildman–Crippen LogP) is 2.36. The van der Waals surface area contributed by atoms with Crippen LogP contribution >= 0.6 is 0 Å². The molecule has 0 spiro atoms. The number of terminal acetylenes is 1. The second kappa shape index (κ2) is 4.02. The maximum atomic E-state index is 5.29. The summed E-state index contributed by atoms with van der Waals surface area (Å²) >= 11 is 0. The Kier molecular flexibility index (Phi) is 2.55. The Bertz CT molecular complexity index is 489. The zero-order valence-electron chi connectivity index (χ0n) is 8.64. The third kappa shape index (κ3) is 1.92. The van der Waals surface area contributed by atoms with Crippen molar-refractivity contribution in [3.05, 3.63) is 47.8 Å². The molecule has 0 atom stereocenters. The van der Waals surface area contributed by atoms with Crippen LogP contribution in [0.2, 0.25) is 0 Å². The van der Waals surface area contributed by atoms with Crippen molar-refractivity contribution in [1.82, 2.24) is 9.78 Å². The van der Waals surface area contributed by atoms with E-state index in [4.69, 9.17) is 6.42 Å². The molecule has 2 nitrogen and oxygen atoms in total. The second-order valence-corrected chi connectivity index (χ2v) is 3.40. The molecule has 2 aromatic rings. The Morgan fingerprint density at radius 2 is 2.07 bits per heavy atom. The number of rotatable bonds is 2. The lowest BCUT2D eigenvalue weighted by Crippen LogP contribution is -1.93. The number of aryl methyl sites for hydroxylation is 1. The zero-order valence-corrected chi connectivity index (χ0v) is 8.64. The number of benzene rings is 1. The standard InChI is InChI=1S/C13H12N2/c1-3-7-12-10-15(14-11(12)2)13-8-5-4-6-9-13/h1,4-6,8-10H,7H2,2H3. The molecule has 15 heavy (non-hydrogen) atoms. The van der Waals surface area contributed by atoms with Gasteiger partial charge in [-0.2, -0.15) is 5.10 Å². The van der Waals surface area contributed by atoms with Gasteiger partial charge in [0, 0.05) is 18.2 Å². The molecule has 0 saturated heterocycles. The zero-order chi connectivity index (χ0) is 10.7. The van der Waals surface area contributed by atoms with Gasteiger partial charge in [-0.1, -0.05) is 18.2 Å². The summed E-state index contributed by atoms with van der Waals surface area (Å²) in [6, 6.07) is 10.0. The molecular weight excluding hydrogens is 184 g/mol. The Labute approximate surface area is 89.6 Å². The Hall–Kier alpha value is -2.01. The van der Waals surface area contributed by atoms with Crippen LogP contribution in [0.1, 0.15) is 11.3 Å². The first-order valence-corrected chi connectivity index (χ1v) is 4.85. The average molecular weight is 196 g/mol. The molecule has 2 rings (SSSR count). The van der Waals surface area contributed by atoms with Gasteiger partial charge >= 0.3 is 0 Å². The van der Waals surface area contributed by atoms with Gasteiger partial charge in [0.2, 0.25) is 0 Å². The van der Waals surface area contributed by atoms with E-state index < -0.39 is 0 Å². The average Bonchev–Trinajstić information content (AvgIpc) is 2.63. The lowest BCUT2D eigenvalue weighted by atomic mass is 10.2. The highest BCUT2D eigenvalue weighted by Crippen LogP contribution is 2.11. The largest absolute Gasteiger partial charge is 0.240 e. The van der Waals surface area contributed by atoms with Gasteiger partial charge in [0.1, 0.15) is 0 Å². The van der Waals surface area contributed by atoms with Gasteiger partial charge in [0.05, 0.1) is 11.4 Å². The fourth-order valence-electron chi connectivity index (χ4n) is 1.49. The SMILES string of the molecule is C#CCc1cn(-c2ccccc2)nc1C. The van der Waals surface area contributed by atoms with Crippen LogP contribution < -0.4 is 0 Å². The molecule has 0 fully saturated rings. The van der Waals surface area contributed by atoms with Gasteiger partial charge in [0.15, 0.2) is 0 Å². The fraction of sp³-hybridized carbons (Fsp3) is 0.154. The topological polar surface area (TPSA) is 17.8 Å². The number of hydrogen-bond donors (Lipinski definition) is 0. The van der Waals surface area contributed by atoms with Crippen LogP contribution in [-0.4, -0.2) is 9.78 Å². The second-order valence-electron chi connectivity index (χ2n) is 3.40. The molecule has 74 valence electrons. The molecule has 1 aromatic heterocycles. The molecule has 0 unspecified atom stereocenters. The van der Waals surface area contributed by atoms with E-state index in [1.54, 1.807) is 0 Å². The number of nitrogens with zero attached hydrogens (tertiary/aromatic N) is 2. The van der Waals surface area contributed by atoms with Gasteiger partial charge in [-0.15, -0.1) is 12.3 Å². The summed E-state index contributed by atoms with van der Waals surface area (Å²) in [7, 11) is 0. The van der Waals surface area contributed by atoms with Crippen molar-refractivity contribution in [2.45, 2.75) is 13.3 Å². The quantitative estimate of drug-likeness (QED) is 0.674. The van der Waals surface area contributed by atoms with Crippen molar-refractivity contribution >= 4 is 0 Å². The van der Waals surface area contributed by atoms with E-state index in [0.29, 0.717) is 6.42 Å². The molecular formula is C13H12N2. The van der Waals surface area contributed by atoms with Crippen molar-refractivity contribution in [3.8, 4) is 18.0 Å². The van der Waals surface area contributed by atoms with E-state index >= 15 is 0 Å². The Balaban J connectivity index is 2.40. The molecule has 0 N–H and O–H groups in total. The van der Waals surface area contributed by atoms with E-state index in [9.17, 15) is 0 Å². The minimum Gasteiger partial charge on any atom is -0.240 e. The van der Waals surface area contributed by atoms with Gasteiger partial charge in [-0.25, -0.2) is 4.68 Å². The summed E-state index contributed by atoms with van der Waals surface area (Å²) in [5, 5.41) is 4.42. The van der Waals surface area contributed by atoms with Crippen molar-refractivity contribution < 1.29 is 0 Å². The predicted molar refractivity (Wildman–Crippen MR) is 60.8 cm³/mol. The molecule has 0 saturated carbocycles. The molecule has 0 amide bonds. The molecule has 0 radical (unpaired) electrons. The lowest BCUT2D eigenvalue weighted by molar-refractivity contribution is 0.863. The smallest absolute Gasteiger partial charge is 0.0645 e. The van der Waals surface area contributed by atoms with Crippen LogP contribution in [0.3, 0.4) is 0 Å². The maximum Gasteiger partial charge on any atom is 0.0645 e.